The molecule has 2 rings (SSSR count). The Hall–Kier alpha value is -0.410. The van der Waals surface area contributed by atoms with E-state index in [-0.39, 0.29) is 0 Å². The summed E-state index contributed by atoms with van der Waals surface area (Å²) in [5, 5.41) is 3.60. The molecule has 3 heteroatoms. The van der Waals surface area contributed by atoms with Crippen LogP contribution in [0.15, 0.2) is 22.8 Å². The highest BCUT2D eigenvalue weighted by atomic mass is 79.9. The first-order chi connectivity index (χ1) is 9.29. The molecule has 0 saturated heterocycles. The highest BCUT2D eigenvalue weighted by Gasteiger charge is 2.25. The van der Waals surface area contributed by atoms with E-state index in [4.69, 9.17) is 0 Å². The molecule has 0 aromatic carbocycles. The van der Waals surface area contributed by atoms with Gasteiger partial charge in [-0.1, -0.05) is 19.8 Å². The molecule has 1 aromatic heterocycles. The highest BCUT2D eigenvalue weighted by molar-refractivity contribution is 9.10. The van der Waals surface area contributed by atoms with Gasteiger partial charge in [-0.25, -0.2) is 0 Å². The van der Waals surface area contributed by atoms with Gasteiger partial charge in [0.05, 0.1) is 0 Å². The van der Waals surface area contributed by atoms with Crippen LogP contribution in [-0.4, -0.2) is 18.1 Å². The maximum absolute atomic E-state index is 4.54. The van der Waals surface area contributed by atoms with Crippen molar-refractivity contribution in [1.29, 1.82) is 0 Å². The standard InChI is InChI=1S/C16H25BrN2/c1-2-9-18-11-14-6-4-3-5-13(14)10-16-8-7-15(17)12-19-16/h7-8,12-14,18H,2-6,9-11H2,1H3. The average Bonchev–Trinajstić information content (AvgIpc) is 2.43. The number of rotatable bonds is 6. The average molecular weight is 325 g/mol. The smallest absolute Gasteiger partial charge is 0.0413 e. The van der Waals surface area contributed by atoms with Crippen LogP contribution in [0.1, 0.15) is 44.7 Å². The van der Waals surface area contributed by atoms with E-state index in [0.717, 1.165) is 29.3 Å². The van der Waals surface area contributed by atoms with E-state index in [9.17, 15) is 0 Å². The molecule has 19 heavy (non-hydrogen) atoms. The fraction of sp³-hybridized carbons (Fsp3) is 0.688. The van der Waals surface area contributed by atoms with E-state index < -0.39 is 0 Å². The lowest BCUT2D eigenvalue weighted by Crippen LogP contribution is -2.32. The number of pyridine rings is 1. The minimum atomic E-state index is 0.812. The Morgan fingerprint density at radius 2 is 2.05 bits per heavy atom. The van der Waals surface area contributed by atoms with Crippen molar-refractivity contribution in [3.8, 4) is 0 Å². The normalized spacial score (nSPS) is 23.5. The Balaban J connectivity index is 1.89. The van der Waals surface area contributed by atoms with E-state index in [1.165, 1.54) is 44.3 Å². The van der Waals surface area contributed by atoms with Crippen LogP contribution in [0.5, 0.6) is 0 Å². The fourth-order valence-corrected chi connectivity index (χ4v) is 3.32. The first-order valence-electron chi connectivity index (χ1n) is 7.60. The zero-order valence-corrected chi connectivity index (χ0v) is 13.5. The lowest BCUT2D eigenvalue weighted by Gasteiger charge is -2.31. The molecular formula is C16H25BrN2. The maximum Gasteiger partial charge on any atom is 0.0413 e. The molecule has 1 N–H and O–H groups in total. The number of aromatic nitrogens is 1. The molecule has 0 spiro atoms. The van der Waals surface area contributed by atoms with Crippen LogP contribution in [0, 0.1) is 11.8 Å². The minimum Gasteiger partial charge on any atom is -0.316 e. The largest absolute Gasteiger partial charge is 0.316 e. The Kier molecular flexibility index (Phi) is 6.32. The number of halogens is 1. The molecule has 0 bridgehead atoms. The number of nitrogens with one attached hydrogen (secondary N) is 1. The number of nitrogens with zero attached hydrogens (tertiary/aromatic N) is 1. The topological polar surface area (TPSA) is 24.9 Å². The van der Waals surface area contributed by atoms with Crippen molar-refractivity contribution >= 4 is 15.9 Å². The number of hydrogen-bond donors (Lipinski definition) is 1. The SMILES string of the molecule is CCCNCC1CCCCC1Cc1ccc(Br)cn1. The van der Waals surface area contributed by atoms with Crippen LogP contribution in [0.2, 0.25) is 0 Å². The second-order valence-electron chi connectivity index (χ2n) is 5.68. The molecule has 1 aliphatic rings. The quantitative estimate of drug-likeness (QED) is 0.793. The summed E-state index contributed by atoms with van der Waals surface area (Å²) in [5.74, 6) is 1.65. The molecular weight excluding hydrogens is 300 g/mol. The molecule has 1 heterocycles. The van der Waals surface area contributed by atoms with Crippen molar-refractivity contribution in [2.24, 2.45) is 11.8 Å². The van der Waals surface area contributed by atoms with E-state index in [1.807, 2.05) is 6.20 Å². The van der Waals surface area contributed by atoms with Crippen LogP contribution in [0.4, 0.5) is 0 Å². The van der Waals surface area contributed by atoms with Gasteiger partial charge in [-0.3, -0.25) is 4.98 Å². The van der Waals surface area contributed by atoms with Crippen LogP contribution < -0.4 is 5.32 Å². The summed E-state index contributed by atoms with van der Waals surface area (Å²) in [6.07, 6.45) is 9.85. The third kappa shape index (κ3) is 4.88. The summed E-state index contributed by atoms with van der Waals surface area (Å²) < 4.78 is 1.07. The minimum absolute atomic E-state index is 0.812. The molecule has 1 fully saturated rings. The molecule has 1 aliphatic carbocycles. The third-order valence-electron chi connectivity index (χ3n) is 4.16. The molecule has 1 aromatic rings. The van der Waals surface area contributed by atoms with Crippen molar-refractivity contribution in [3.05, 3.63) is 28.5 Å². The van der Waals surface area contributed by atoms with E-state index in [2.05, 4.69) is 45.3 Å². The Morgan fingerprint density at radius 3 is 2.74 bits per heavy atom. The van der Waals surface area contributed by atoms with Crippen LogP contribution >= 0.6 is 15.9 Å². The summed E-state index contributed by atoms with van der Waals surface area (Å²) in [6.45, 7) is 4.58. The fourth-order valence-electron chi connectivity index (χ4n) is 3.08. The van der Waals surface area contributed by atoms with Gasteiger partial charge in [-0.15, -0.1) is 0 Å². The molecule has 2 atom stereocenters. The van der Waals surface area contributed by atoms with Gasteiger partial charge in [0.1, 0.15) is 0 Å². The van der Waals surface area contributed by atoms with Crippen LogP contribution in [0.25, 0.3) is 0 Å². The van der Waals surface area contributed by atoms with Gasteiger partial charge >= 0.3 is 0 Å². The molecule has 106 valence electrons. The molecule has 2 unspecified atom stereocenters. The molecule has 0 aliphatic heterocycles. The summed E-state index contributed by atoms with van der Waals surface area (Å²) in [4.78, 5) is 4.54. The molecule has 1 saturated carbocycles. The molecule has 0 amide bonds. The van der Waals surface area contributed by atoms with Gasteiger partial charge in [-0.05, 0) is 78.7 Å². The molecule has 0 radical (unpaired) electrons. The van der Waals surface area contributed by atoms with Crippen molar-refractivity contribution in [3.63, 3.8) is 0 Å². The Morgan fingerprint density at radius 1 is 1.26 bits per heavy atom. The Bertz CT molecular complexity index is 364. The van der Waals surface area contributed by atoms with Gasteiger partial charge in [0.2, 0.25) is 0 Å². The number of hydrogen-bond acceptors (Lipinski definition) is 2. The Labute approximate surface area is 125 Å². The zero-order chi connectivity index (χ0) is 13.5. The van der Waals surface area contributed by atoms with Crippen molar-refractivity contribution in [1.82, 2.24) is 10.3 Å². The van der Waals surface area contributed by atoms with Gasteiger partial charge in [-0.2, -0.15) is 0 Å². The first-order valence-corrected chi connectivity index (χ1v) is 8.40. The van der Waals surface area contributed by atoms with Gasteiger partial charge in [0.25, 0.3) is 0 Å². The van der Waals surface area contributed by atoms with E-state index >= 15 is 0 Å². The summed E-state index contributed by atoms with van der Waals surface area (Å²) in [5.41, 5.74) is 1.25. The summed E-state index contributed by atoms with van der Waals surface area (Å²) in [6, 6.07) is 4.27. The summed E-state index contributed by atoms with van der Waals surface area (Å²) in [7, 11) is 0. The van der Waals surface area contributed by atoms with E-state index in [1.54, 1.807) is 0 Å². The lowest BCUT2D eigenvalue weighted by molar-refractivity contribution is 0.227. The second-order valence-corrected chi connectivity index (χ2v) is 6.60. The van der Waals surface area contributed by atoms with Gasteiger partial charge in [0, 0.05) is 16.4 Å². The van der Waals surface area contributed by atoms with Crippen LogP contribution in [-0.2, 0) is 6.42 Å². The third-order valence-corrected chi connectivity index (χ3v) is 4.63. The van der Waals surface area contributed by atoms with Crippen molar-refractivity contribution < 1.29 is 0 Å². The lowest BCUT2D eigenvalue weighted by atomic mass is 9.77. The van der Waals surface area contributed by atoms with E-state index in [0.29, 0.717) is 0 Å². The predicted octanol–water partition coefficient (Wildman–Crippen LogP) is 4.19. The highest BCUT2D eigenvalue weighted by Crippen LogP contribution is 2.32. The van der Waals surface area contributed by atoms with Gasteiger partial charge in [0.15, 0.2) is 0 Å². The van der Waals surface area contributed by atoms with Gasteiger partial charge < -0.3 is 5.32 Å². The predicted molar refractivity (Wildman–Crippen MR) is 84.2 cm³/mol. The summed E-state index contributed by atoms with van der Waals surface area (Å²) >= 11 is 3.45. The first kappa shape index (κ1) is 15.0. The zero-order valence-electron chi connectivity index (χ0n) is 11.9. The maximum atomic E-state index is 4.54. The van der Waals surface area contributed by atoms with Crippen molar-refractivity contribution in [2.75, 3.05) is 13.1 Å². The second kappa shape index (κ2) is 8.01. The molecule has 2 nitrogen and oxygen atoms in total. The van der Waals surface area contributed by atoms with Crippen LogP contribution in [0.3, 0.4) is 0 Å². The monoisotopic (exact) mass is 324 g/mol. The van der Waals surface area contributed by atoms with Crippen molar-refractivity contribution in [2.45, 2.75) is 45.4 Å².